The van der Waals surface area contributed by atoms with Gasteiger partial charge in [-0.15, -0.1) is 0 Å². The van der Waals surface area contributed by atoms with Gasteiger partial charge in [0.25, 0.3) is 5.56 Å². The molecule has 3 rings (SSSR count). The molecule has 0 saturated heterocycles. The van der Waals surface area contributed by atoms with Gasteiger partial charge >= 0.3 is 6.03 Å². The molecular formula is C19H19N5O4. The van der Waals surface area contributed by atoms with Crippen molar-refractivity contribution in [3.05, 3.63) is 65.2 Å². The van der Waals surface area contributed by atoms with E-state index in [1.807, 2.05) is 0 Å². The number of methoxy groups -OCH3 is 1. The number of ether oxygens (including phenoxy) is 1. The number of amides is 3. The highest BCUT2D eigenvalue weighted by atomic mass is 16.5. The Balaban J connectivity index is 1.51. The number of fused-ring (bicyclic) bond motifs is 1. The minimum Gasteiger partial charge on any atom is -0.495 e. The van der Waals surface area contributed by atoms with Gasteiger partial charge < -0.3 is 10.1 Å². The van der Waals surface area contributed by atoms with Gasteiger partial charge in [-0.2, -0.15) is 0 Å². The summed E-state index contributed by atoms with van der Waals surface area (Å²) in [5.41, 5.74) is 0.832. The van der Waals surface area contributed by atoms with Crippen LogP contribution in [0.5, 0.6) is 5.75 Å². The van der Waals surface area contributed by atoms with Gasteiger partial charge in [0.2, 0.25) is 5.91 Å². The van der Waals surface area contributed by atoms with Crippen LogP contribution in [0.15, 0.2) is 59.7 Å². The van der Waals surface area contributed by atoms with Crippen molar-refractivity contribution in [2.45, 2.75) is 6.67 Å². The van der Waals surface area contributed by atoms with Crippen LogP contribution in [0, 0.1) is 0 Å². The number of carbonyl (C=O) groups is 2. The summed E-state index contributed by atoms with van der Waals surface area (Å²) in [4.78, 5) is 40.4. The lowest BCUT2D eigenvalue weighted by molar-refractivity contribution is -0.119. The predicted molar refractivity (Wildman–Crippen MR) is 104 cm³/mol. The number of imide groups is 1. The van der Waals surface area contributed by atoms with Crippen molar-refractivity contribution in [2.75, 3.05) is 19.0 Å². The van der Waals surface area contributed by atoms with Crippen molar-refractivity contribution in [3.63, 3.8) is 0 Å². The van der Waals surface area contributed by atoms with Crippen LogP contribution in [0.2, 0.25) is 0 Å². The number of nitrogens with one attached hydrogen (secondary N) is 3. The molecule has 0 radical (unpaired) electrons. The van der Waals surface area contributed by atoms with Crippen LogP contribution in [-0.2, 0) is 11.5 Å². The normalized spacial score (nSPS) is 10.5. The van der Waals surface area contributed by atoms with Gasteiger partial charge in [-0.3, -0.25) is 24.8 Å². The van der Waals surface area contributed by atoms with Crippen LogP contribution in [-0.4, -0.2) is 35.1 Å². The van der Waals surface area contributed by atoms with Crippen LogP contribution in [0.25, 0.3) is 10.9 Å². The first kappa shape index (κ1) is 19.1. The Bertz CT molecular complexity index is 1060. The molecule has 0 atom stereocenters. The second kappa shape index (κ2) is 8.78. The fourth-order valence-electron chi connectivity index (χ4n) is 2.58. The first-order valence-electron chi connectivity index (χ1n) is 8.47. The van der Waals surface area contributed by atoms with Gasteiger partial charge in [-0.05, 0) is 24.3 Å². The van der Waals surface area contributed by atoms with E-state index in [1.54, 1.807) is 48.5 Å². The highest BCUT2D eigenvalue weighted by molar-refractivity contribution is 6.02. The summed E-state index contributed by atoms with van der Waals surface area (Å²) in [6.45, 7) is -0.0726. The van der Waals surface area contributed by atoms with Crippen molar-refractivity contribution < 1.29 is 14.3 Å². The van der Waals surface area contributed by atoms with E-state index in [9.17, 15) is 14.4 Å². The van der Waals surface area contributed by atoms with Gasteiger partial charge in [0.05, 0.1) is 43.2 Å². The zero-order valence-corrected chi connectivity index (χ0v) is 15.1. The van der Waals surface area contributed by atoms with E-state index >= 15 is 0 Å². The maximum Gasteiger partial charge on any atom is 0.326 e. The Hall–Kier alpha value is -3.72. The van der Waals surface area contributed by atoms with Crippen LogP contribution in [0.1, 0.15) is 0 Å². The number of hydrogen-bond acceptors (Lipinski definition) is 6. The lowest BCUT2D eigenvalue weighted by Gasteiger charge is -2.11. The SMILES string of the molecule is COc1ccccc1NC(=O)NC(=O)CNCn1cnc2ccccc2c1=O. The molecule has 9 nitrogen and oxygen atoms in total. The van der Waals surface area contributed by atoms with Gasteiger partial charge in [0, 0.05) is 0 Å². The Morgan fingerprint density at radius 2 is 1.86 bits per heavy atom. The molecule has 0 saturated carbocycles. The molecule has 0 unspecified atom stereocenters. The summed E-state index contributed by atoms with van der Waals surface area (Å²) >= 11 is 0. The first-order chi connectivity index (χ1) is 13.6. The number of urea groups is 1. The lowest BCUT2D eigenvalue weighted by Crippen LogP contribution is -2.41. The van der Waals surface area contributed by atoms with E-state index < -0.39 is 11.9 Å². The van der Waals surface area contributed by atoms with Crippen molar-refractivity contribution >= 4 is 28.5 Å². The van der Waals surface area contributed by atoms with E-state index in [0.29, 0.717) is 22.3 Å². The number of hydrogen-bond donors (Lipinski definition) is 3. The van der Waals surface area contributed by atoms with E-state index in [4.69, 9.17) is 4.74 Å². The topological polar surface area (TPSA) is 114 Å². The highest BCUT2D eigenvalue weighted by Gasteiger charge is 2.10. The minimum atomic E-state index is -0.680. The molecule has 3 N–H and O–H groups in total. The first-order valence-corrected chi connectivity index (χ1v) is 8.47. The molecule has 0 spiro atoms. The summed E-state index contributed by atoms with van der Waals surface area (Å²) in [5, 5.41) is 8.04. The van der Waals surface area contributed by atoms with Crippen molar-refractivity contribution in [1.82, 2.24) is 20.2 Å². The van der Waals surface area contributed by atoms with Crippen LogP contribution in [0.4, 0.5) is 10.5 Å². The van der Waals surface area contributed by atoms with Crippen LogP contribution < -0.4 is 26.2 Å². The van der Waals surface area contributed by atoms with Gasteiger partial charge in [0.15, 0.2) is 0 Å². The third kappa shape index (κ3) is 4.51. The van der Waals surface area contributed by atoms with E-state index in [-0.39, 0.29) is 18.8 Å². The molecule has 9 heteroatoms. The minimum absolute atomic E-state index is 0.0816. The number of benzene rings is 2. The standard InChI is InChI=1S/C19H19N5O4/c1-28-16-9-5-4-8-15(16)22-19(27)23-17(25)10-20-11-24-12-21-14-7-3-2-6-13(14)18(24)26/h2-9,12,20H,10-11H2,1H3,(H2,22,23,25,27). The molecular weight excluding hydrogens is 362 g/mol. The van der Waals surface area contributed by atoms with Crippen molar-refractivity contribution in [1.29, 1.82) is 0 Å². The summed E-state index contributed by atoms with van der Waals surface area (Å²) in [5.74, 6) is -0.0689. The zero-order chi connectivity index (χ0) is 19.9. The largest absolute Gasteiger partial charge is 0.495 e. The third-order valence-corrected chi connectivity index (χ3v) is 3.91. The Morgan fingerprint density at radius 3 is 2.68 bits per heavy atom. The van der Waals surface area contributed by atoms with Gasteiger partial charge in [-0.25, -0.2) is 9.78 Å². The summed E-state index contributed by atoms with van der Waals surface area (Å²) in [6, 6.07) is 13.2. The number of para-hydroxylation sites is 3. The predicted octanol–water partition coefficient (Wildman–Crippen LogP) is 1.30. The van der Waals surface area contributed by atoms with E-state index in [2.05, 4.69) is 20.9 Å². The maximum absolute atomic E-state index is 12.4. The van der Waals surface area contributed by atoms with E-state index in [0.717, 1.165) is 0 Å². The van der Waals surface area contributed by atoms with Crippen molar-refractivity contribution in [2.24, 2.45) is 0 Å². The molecule has 28 heavy (non-hydrogen) atoms. The Kier molecular flexibility index (Phi) is 5.97. The summed E-state index contributed by atoms with van der Waals surface area (Å²) < 4.78 is 6.48. The number of anilines is 1. The molecule has 0 bridgehead atoms. The Morgan fingerprint density at radius 1 is 1.11 bits per heavy atom. The molecule has 3 aromatic rings. The molecule has 0 aliphatic heterocycles. The smallest absolute Gasteiger partial charge is 0.326 e. The van der Waals surface area contributed by atoms with E-state index in [1.165, 1.54) is 18.0 Å². The maximum atomic E-state index is 12.4. The van der Waals surface area contributed by atoms with Gasteiger partial charge in [0.1, 0.15) is 5.75 Å². The molecule has 1 aromatic heterocycles. The molecule has 3 amide bonds. The molecule has 1 heterocycles. The number of rotatable bonds is 6. The summed E-state index contributed by atoms with van der Waals surface area (Å²) in [7, 11) is 1.48. The monoisotopic (exact) mass is 381 g/mol. The molecule has 0 fully saturated rings. The number of aromatic nitrogens is 2. The Labute approximate surface area is 160 Å². The average molecular weight is 381 g/mol. The molecule has 144 valence electrons. The third-order valence-electron chi connectivity index (χ3n) is 3.91. The second-order valence-corrected chi connectivity index (χ2v) is 5.82. The fraction of sp³-hybridized carbons (Fsp3) is 0.158. The van der Waals surface area contributed by atoms with Crippen LogP contribution in [0.3, 0.4) is 0 Å². The second-order valence-electron chi connectivity index (χ2n) is 5.82. The van der Waals surface area contributed by atoms with Crippen molar-refractivity contribution in [3.8, 4) is 5.75 Å². The quantitative estimate of drug-likeness (QED) is 0.593. The van der Waals surface area contributed by atoms with Gasteiger partial charge in [-0.1, -0.05) is 24.3 Å². The fourth-order valence-corrected chi connectivity index (χ4v) is 2.58. The molecule has 0 aliphatic carbocycles. The lowest BCUT2D eigenvalue weighted by atomic mass is 10.2. The average Bonchev–Trinajstić information content (AvgIpc) is 2.70. The molecule has 0 aliphatic rings. The highest BCUT2D eigenvalue weighted by Crippen LogP contribution is 2.22. The van der Waals surface area contributed by atoms with Crippen LogP contribution >= 0.6 is 0 Å². The number of carbonyl (C=O) groups excluding carboxylic acids is 2. The zero-order valence-electron chi connectivity index (χ0n) is 15.1. The summed E-state index contributed by atoms with van der Waals surface area (Å²) in [6.07, 6.45) is 1.41. The number of nitrogens with zero attached hydrogens (tertiary/aromatic N) is 2. The molecule has 2 aromatic carbocycles.